The van der Waals surface area contributed by atoms with Crippen LogP contribution in [0.15, 0.2) is 30.5 Å². The van der Waals surface area contributed by atoms with Crippen molar-refractivity contribution in [3.63, 3.8) is 0 Å². The van der Waals surface area contributed by atoms with E-state index in [1.54, 1.807) is 0 Å². The Labute approximate surface area is 115 Å². The number of para-hydroxylation sites is 1. The topological polar surface area (TPSA) is 37.8 Å². The van der Waals surface area contributed by atoms with Crippen LogP contribution in [0.4, 0.5) is 11.6 Å². The Hall–Kier alpha value is -1.90. The molecule has 0 unspecified atom stereocenters. The van der Waals surface area contributed by atoms with Crippen molar-refractivity contribution in [1.29, 1.82) is 0 Å². The van der Waals surface area contributed by atoms with Crippen LogP contribution in [-0.4, -0.2) is 9.97 Å². The number of anilines is 2. The van der Waals surface area contributed by atoms with Gasteiger partial charge in [0.2, 0.25) is 5.95 Å². The molecule has 1 aromatic heterocycles. The van der Waals surface area contributed by atoms with Crippen LogP contribution in [0.2, 0.25) is 0 Å². The van der Waals surface area contributed by atoms with E-state index in [1.165, 1.54) is 5.56 Å². The minimum Gasteiger partial charge on any atom is -0.324 e. The molecule has 1 heterocycles. The van der Waals surface area contributed by atoms with E-state index in [4.69, 9.17) is 0 Å². The lowest BCUT2D eigenvalue weighted by Gasteiger charge is -2.20. The third-order valence-corrected chi connectivity index (χ3v) is 3.07. The monoisotopic (exact) mass is 255 g/mol. The summed E-state index contributed by atoms with van der Waals surface area (Å²) in [5, 5.41) is 3.29. The Balaban J connectivity index is 2.35. The molecule has 0 bridgehead atoms. The standard InChI is InChI=1S/C16H21N3/c1-11-8-6-7-9-13(11)18-15-17-10-12(2)14(19-15)16(3,4)5/h6-10H,1-5H3,(H,17,18,19). The average molecular weight is 255 g/mol. The zero-order valence-electron chi connectivity index (χ0n) is 12.3. The molecule has 0 saturated carbocycles. The second-order valence-electron chi connectivity index (χ2n) is 5.92. The van der Waals surface area contributed by atoms with Gasteiger partial charge in [0.15, 0.2) is 0 Å². The van der Waals surface area contributed by atoms with Crippen LogP contribution >= 0.6 is 0 Å². The maximum Gasteiger partial charge on any atom is 0.227 e. The fraction of sp³-hybridized carbons (Fsp3) is 0.375. The van der Waals surface area contributed by atoms with Crippen molar-refractivity contribution < 1.29 is 0 Å². The Morgan fingerprint density at radius 3 is 2.32 bits per heavy atom. The molecule has 0 amide bonds. The number of aromatic nitrogens is 2. The molecule has 3 nitrogen and oxygen atoms in total. The van der Waals surface area contributed by atoms with Gasteiger partial charge in [-0.25, -0.2) is 9.97 Å². The summed E-state index contributed by atoms with van der Waals surface area (Å²) in [4.78, 5) is 9.02. The Bertz CT molecular complexity index is 583. The van der Waals surface area contributed by atoms with E-state index in [1.807, 2.05) is 24.4 Å². The van der Waals surface area contributed by atoms with Crippen LogP contribution < -0.4 is 5.32 Å². The summed E-state index contributed by atoms with van der Waals surface area (Å²) in [7, 11) is 0. The van der Waals surface area contributed by atoms with Crippen molar-refractivity contribution in [3.05, 3.63) is 47.3 Å². The summed E-state index contributed by atoms with van der Waals surface area (Å²) in [6.45, 7) is 10.6. The van der Waals surface area contributed by atoms with E-state index in [-0.39, 0.29) is 5.41 Å². The molecule has 0 aliphatic carbocycles. The first kappa shape index (κ1) is 13.5. The van der Waals surface area contributed by atoms with Crippen molar-refractivity contribution >= 4 is 11.6 Å². The summed E-state index contributed by atoms with van der Waals surface area (Å²) in [5.41, 5.74) is 4.46. The molecule has 0 spiro atoms. The van der Waals surface area contributed by atoms with Crippen molar-refractivity contribution in [2.24, 2.45) is 0 Å². The summed E-state index contributed by atoms with van der Waals surface area (Å²) < 4.78 is 0. The first-order chi connectivity index (χ1) is 8.88. The molecular formula is C16H21N3. The number of nitrogens with zero attached hydrogens (tertiary/aromatic N) is 2. The summed E-state index contributed by atoms with van der Waals surface area (Å²) in [5.74, 6) is 0.657. The normalized spacial score (nSPS) is 11.4. The third-order valence-electron chi connectivity index (χ3n) is 3.07. The van der Waals surface area contributed by atoms with E-state index in [0.29, 0.717) is 5.95 Å². The van der Waals surface area contributed by atoms with E-state index in [9.17, 15) is 0 Å². The molecule has 1 aromatic carbocycles. The first-order valence-electron chi connectivity index (χ1n) is 6.55. The molecule has 1 N–H and O–H groups in total. The molecule has 0 aliphatic rings. The van der Waals surface area contributed by atoms with Gasteiger partial charge in [-0.05, 0) is 31.0 Å². The predicted molar refractivity (Wildman–Crippen MR) is 79.9 cm³/mol. The molecule has 100 valence electrons. The van der Waals surface area contributed by atoms with Crippen LogP contribution in [0.5, 0.6) is 0 Å². The van der Waals surface area contributed by atoms with E-state index in [2.05, 4.69) is 56.0 Å². The number of aryl methyl sites for hydroxylation is 2. The minimum absolute atomic E-state index is 0.0230. The fourth-order valence-electron chi connectivity index (χ4n) is 2.10. The summed E-state index contributed by atoms with van der Waals surface area (Å²) in [6.07, 6.45) is 1.88. The molecule has 0 radical (unpaired) electrons. The number of nitrogens with one attached hydrogen (secondary N) is 1. The zero-order valence-corrected chi connectivity index (χ0v) is 12.3. The average Bonchev–Trinajstić information content (AvgIpc) is 2.33. The highest BCUT2D eigenvalue weighted by Crippen LogP contribution is 2.25. The van der Waals surface area contributed by atoms with Crippen molar-refractivity contribution in [3.8, 4) is 0 Å². The van der Waals surface area contributed by atoms with E-state index < -0.39 is 0 Å². The van der Waals surface area contributed by atoms with Gasteiger partial charge in [-0.2, -0.15) is 0 Å². The van der Waals surface area contributed by atoms with Crippen LogP contribution in [0, 0.1) is 13.8 Å². The highest BCUT2D eigenvalue weighted by atomic mass is 15.1. The quantitative estimate of drug-likeness (QED) is 0.876. The van der Waals surface area contributed by atoms with Gasteiger partial charge < -0.3 is 5.32 Å². The number of rotatable bonds is 2. The van der Waals surface area contributed by atoms with E-state index in [0.717, 1.165) is 16.9 Å². The number of hydrogen-bond acceptors (Lipinski definition) is 3. The summed E-state index contributed by atoms with van der Waals surface area (Å²) >= 11 is 0. The van der Waals surface area contributed by atoms with Gasteiger partial charge in [0.25, 0.3) is 0 Å². The Morgan fingerprint density at radius 1 is 1.00 bits per heavy atom. The molecule has 0 aliphatic heterocycles. The van der Waals surface area contributed by atoms with Crippen molar-refractivity contribution in [2.45, 2.75) is 40.0 Å². The molecule has 3 heteroatoms. The SMILES string of the molecule is Cc1ccccc1Nc1ncc(C)c(C(C)(C)C)n1. The number of hydrogen-bond donors (Lipinski definition) is 1. The van der Waals surface area contributed by atoms with Crippen molar-refractivity contribution in [2.75, 3.05) is 5.32 Å². The van der Waals surface area contributed by atoms with Gasteiger partial charge >= 0.3 is 0 Å². The third kappa shape index (κ3) is 3.11. The minimum atomic E-state index is 0.0230. The largest absolute Gasteiger partial charge is 0.324 e. The van der Waals surface area contributed by atoms with Crippen LogP contribution in [-0.2, 0) is 5.41 Å². The molecule has 2 rings (SSSR count). The Morgan fingerprint density at radius 2 is 1.68 bits per heavy atom. The lowest BCUT2D eigenvalue weighted by atomic mass is 9.89. The summed E-state index contributed by atoms with van der Waals surface area (Å²) in [6, 6.07) is 8.14. The van der Waals surface area contributed by atoms with Gasteiger partial charge in [0.1, 0.15) is 0 Å². The molecule has 0 atom stereocenters. The molecular weight excluding hydrogens is 234 g/mol. The van der Waals surface area contributed by atoms with Crippen LogP contribution in [0.25, 0.3) is 0 Å². The molecule has 2 aromatic rings. The zero-order chi connectivity index (χ0) is 14.0. The van der Waals surface area contributed by atoms with Crippen molar-refractivity contribution in [1.82, 2.24) is 9.97 Å². The predicted octanol–water partition coefficient (Wildman–Crippen LogP) is 4.13. The van der Waals surface area contributed by atoms with Crippen LogP contribution in [0.1, 0.15) is 37.6 Å². The fourth-order valence-corrected chi connectivity index (χ4v) is 2.10. The Kier molecular flexibility index (Phi) is 3.56. The van der Waals surface area contributed by atoms with Gasteiger partial charge in [-0.3, -0.25) is 0 Å². The van der Waals surface area contributed by atoms with E-state index >= 15 is 0 Å². The maximum absolute atomic E-state index is 4.66. The van der Waals surface area contributed by atoms with Crippen LogP contribution in [0.3, 0.4) is 0 Å². The first-order valence-corrected chi connectivity index (χ1v) is 6.55. The van der Waals surface area contributed by atoms with Gasteiger partial charge in [0, 0.05) is 17.3 Å². The highest BCUT2D eigenvalue weighted by Gasteiger charge is 2.19. The maximum atomic E-state index is 4.66. The molecule has 19 heavy (non-hydrogen) atoms. The second-order valence-corrected chi connectivity index (χ2v) is 5.92. The highest BCUT2D eigenvalue weighted by molar-refractivity contribution is 5.58. The second kappa shape index (κ2) is 5.00. The molecule has 0 saturated heterocycles. The molecule has 0 fully saturated rings. The lowest BCUT2D eigenvalue weighted by molar-refractivity contribution is 0.563. The smallest absolute Gasteiger partial charge is 0.227 e. The lowest BCUT2D eigenvalue weighted by Crippen LogP contribution is -2.17. The van der Waals surface area contributed by atoms with Gasteiger partial charge in [-0.15, -0.1) is 0 Å². The van der Waals surface area contributed by atoms with Gasteiger partial charge in [0.05, 0.1) is 5.69 Å². The number of benzene rings is 1. The van der Waals surface area contributed by atoms with Gasteiger partial charge in [-0.1, -0.05) is 39.0 Å².